The molecule has 0 radical (unpaired) electrons. The summed E-state index contributed by atoms with van der Waals surface area (Å²) in [5.74, 6) is 0.545. The standard InChI is InChI=1S/C14H27N3O3/c1-12-10-13(2-7-20-12)11-16-14(18)15-3-4-17-5-8-19-9-6-17/h12-13H,2-11H2,1H3,(H2,15,16,18)/t12-,13+/m0/s1. The molecule has 0 aromatic heterocycles. The first-order chi connectivity index (χ1) is 9.74. The molecule has 0 saturated carbocycles. The largest absolute Gasteiger partial charge is 0.379 e. The molecule has 0 aliphatic carbocycles. The highest BCUT2D eigenvalue weighted by molar-refractivity contribution is 5.73. The lowest BCUT2D eigenvalue weighted by Gasteiger charge is -2.28. The highest BCUT2D eigenvalue weighted by Crippen LogP contribution is 2.18. The molecule has 6 heteroatoms. The fourth-order valence-corrected chi connectivity index (χ4v) is 2.73. The van der Waals surface area contributed by atoms with Crippen molar-refractivity contribution in [2.45, 2.75) is 25.9 Å². The molecule has 2 aliphatic rings. The van der Waals surface area contributed by atoms with E-state index in [1.807, 2.05) is 0 Å². The van der Waals surface area contributed by atoms with Gasteiger partial charge in [0, 0.05) is 39.3 Å². The van der Waals surface area contributed by atoms with E-state index in [0.29, 0.717) is 18.6 Å². The van der Waals surface area contributed by atoms with Gasteiger partial charge in [0.25, 0.3) is 0 Å². The number of nitrogens with zero attached hydrogens (tertiary/aromatic N) is 1. The average Bonchev–Trinajstić information content (AvgIpc) is 2.46. The molecule has 2 amide bonds. The molecule has 6 nitrogen and oxygen atoms in total. The molecule has 0 aromatic rings. The van der Waals surface area contributed by atoms with Crippen LogP contribution < -0.4 is 10.6 Å². The number of carbonyl (C=O) groups is 1. The highest BCUT2D eigenvalue weighted by atomic mass is 16.5. The molecule has 0 unspecified atom stereocenters. The van der Waals surface area contributed by atoms with E-state index < -0.39 is 0 Å². The van der Waals surface area contributed by atoms with Crippen LogP contribution in [0.5, 0.6) is 0 Å². The van der Waals surface area contributed by atoms with E-state index in [0.717, 1.165) is 58.8 Å². The van der Waals surface area contributed by atoms with Crippen LogP contribution in [0.15, 0.2) is 0 Å². The molecule has 2 fully saturated rings. The Morgan fingerprint density at radius 1 is 1.25 bits per heavy atom. The Morgan fingerprint density at radius 3 is 2.80 bits per heavy atom. The topological polar surface area (TPSA) is 62.8 Å². The lowest BCUT2D eigenvalue weighted by Crippen LogP contribution is -2.45. The Hall–Kier alpha value is -0.850. The van der Waals surface area contributed by atoms with Gasteiger partial charge in [0.05, 0.1) is 19.3 Å². The van der Waals surface area contributed by atoms with Gasteiger partial charge in [0.1, 0.15) is 0 Å². The van der Waals surface area contributed by atoms with E-state index in [9.17, 15) is 4.79 Å². The summed E-state index contributed by atoms with van der Waals surface area (Å²) in [6.07, 6.45) is 2.40. The van der Waals surface area contributed by atoms with Crippen molar-refractivity contribution in [2.75, 3.05) is 52.5 Å². The van der Waals surface area contributed by atoms with Crippen molar-refractivity contribution in [1.82, 2.24) is 15.5 Å². The molecule has 116 valence electrons. The number of urea groups is 1. The molecule has 2 atom stereocenters. The quantitative estimate of drug-likeness (QED) is 0.769. The van der Waals surface area contributed by atoms with Crippen LogP contribution in [0.4, 0.5) is 4.79 Å². The van der Waals surface area contributed by atoms with Gasteiger partial charge >= 0.3 is 6.03 Å². The number of hydrogen-bond acceptors (Lipinski definition) is 4. The molecule has 0 bridgehead atoms. The monoisotopic (exact) mass is 285 g/mol. The summed E-state index contributed by atoms with van der Waals surface area (Å²) in [5.41, 5.74) is 0. The number of rotatable bonds is 5. The van der Waals surface area contributed by atoms with Crippen LogP contribution in [0.1, 0.15) is 19.8 Å². The van der Waals surface area contributed by atoms with Crippen molar-refractivity contribution < 1.29 is 14.3 Å². The molecule has 2 rings (SSSR count). The van der Waals surface area contributed by atoms with Crippen LogP contribution >= 0.6 is 0 Å². The van der Waals surface area contributed by atoms with Gasteiger partial charge in [0.15, 0.2) is 0 Å². The number of hydrogen-bond donors (Lipinski definition) is 2. The maximum absolute atomic E-state index is 11.7. The number of nitrogens with one attached hydrogen (secondary N) is 2. The third kappa shape index (κ3) is 5.64. The lowest BCUT2D eigenvalue weighted by atomic mass is 9.96. The van der Waals surface area contributed by atoms with E-state index >= 15 is 0 Å². The normalized spacial score (nSPS) is 28.1. The SMILES string of the molecule is C[C@H]1C[C@H](CNC(=O)NCCN2CCOCC2)CCO1. The summed E-state index contributed by atoms with van der Waals surface area (Å²) in [5, 5.41) is 5.88. The molecule has 0 spiro atoms. The molecule has 2 N–H and O–H groups in total. The molecular weight excluding hydrogens is 258 g/mol. The predicted molar refractivity (Wildman–Crippen MR) is 76.8 cm³/mol. The third-order valence-corrected chi connectivity index (χ3v) is 3.96. The van der Waals surface area contributed by atoms with E-state index in [1.165, 1.54) is 0 Å². The van der Waals surface area contributed by atoms with Crippen LogP contribution in [-0.4, -0.2) is 69.6 Å². The van der Waals surface area contributed by atoms with Gasteiger partial charge in [0.2, 0.25) is 0 Å². The number of ether oxygens (including phenoxy) is 2. The van der Waals surface area contributed by atoms with Gasteiger partial charge in [-0.3, -0.25) is 4.90 Å². The Kier molecular flexibility index (Phi) is 6.56. The van der Waals surface area contributed by atoms with E-state index in [2.05, 4.69) is 22.5 Å². The Balaban J connectivity index is 1.51. The van der Waals surface area contributed by atoms with Gasteiger partial charge in [-0.2, -0.15) is 0 Å². The van der Waals surface area contributed by atoms with Gasteiger partial charge in [-0.05, 0) is 25.7 Å². The second-order valence-electron chi connectivity index (χ2n) is 5.66. The summed E-state index contributed by atoms with van der Waals surface area (Å²) >= 11 is 0. The summed E-state index contributed by atoms with van der Waals surface area (Å²) in [6, 6.07) is -0.0580. The van der Waals surface area contributed by atoms with Crippen LogP contribution in [-0.2, 0) is 9.47 Å². The fourth-order valence-electron chi connectivity index (χ4n) is 2.73. The van der Waals surface area contributed by atoms with Crippen molar-refractivity contribution in [3.63, 3.8) is 0 Å². The van der Waals surface area contributed by atoms with Crippen molar-refractivity contribution in [2.24, 2.45) is 5.92 Å². The van der Waals surface area contributed by atoms with Gasteiger partial charge in [-0.25, -0.2) is 4.79 Å². The third-order valence-electron chi connectivity index (χ3n) is 3.96. The molecule has 2 heterocycles. The lowest BCUT2D eigenvalue weighted by molar-refractivity contribution is 0.00345. The first-order valence-corrected chi connectivity index (χ1v) is 7.67. The minimum Gasteiger partial charge on any atom is -0.379 e. The first-order valence-electron chi connectivity index (χ1n) is 7.67. The molecule has 2 saturated heterocycles. The molecular formula is C14H27N3O3. The van der Waals surface area contributed by atoms with E-state index in [-0.39, 0.29) is 6.03 Å². The zero-order valence-electron chi connectivity index (χ0n) is 12.4. The first kappa shape index (κ1) is 15.5. The maximum atomic E-state index is 11.7. The summed E-state index contributed by atoms with van der Waals surface area (Å²) in [4.78, 5) is 14.0. The smallest absolute Gasteiger partial charge is 0.314 e. The van der Waals surface area contributed by atoms with Crippen LogP contribution in [0.25, 0.3) is 0 Å². The zero-order chi connectivity index (χ0) is 14.2. The average molecular weight is 285 g/mol. The van der Waals surface area contributed by atoms with Crippen molar-refractivity contribution in [1.29, 1.82) is 0 Å². The Bertz CT molecular complexity index is 295. The molecule has 2 aliphatic heterocycles. The summed E-state index contributed by atoms with van der Waals surface area (Å²) < 4.78 is 10.8. The minimum atomic E-state index is -0.0580. The molecule has 0 aromatic carbocycles. The van der Waals surface area contributed by atoms with Gasteiger partial charge < -0.3 is 20.1 Å². The predicted octanol–water partition coefficient (Wildman–Crippen LogP) is 0.433. The zero-order valence-corrected chi connectivity index (χ0v) is 12.4. The fraction of sp³-hybridized carbons (Fsp3) is 0.929. The second-order valence-corrected chi connectivity index (χ2v) is 5.66. The van der Waals surface area contributed by atoms with Crippen molar-refractivity contribution in [3.05, 3.63) is 0 Å². The molecule has 20 heavy (non-hydrogen) atoms. The van der Waals surface area contributed by atoms with Crippen LogP contribution in [0, 0.1) is 5.92 Å². The minimum absolute atomic E-state index is 0.0580. The summed E-state index contributed by atoms with van der Waals surface area (Å²) in [6.45, 7) is 8.76. The van der Waals surface area contributed by atoms with Crippen molar-refractivity contribution >= 4 is 6.03 Å². The van der Waals surface area contributed by atoms with Gasteiger partial charge in [-0.15, -0.1) is 0 Å². The van der Waals surface area contributed by atoms with E-state index in [1.54, 1.807) is 0 Å². The summed E-state index contributed by atoms with van der Waals surface area (Å²) in [7, 11) is 0. The van der Waals surface area contributed by atoms with E-state index in [4.69, 9.17) is 9.47 Å². The van der Waals surface area contributed by atoms with Crippen molar-refractivity contribution in [3.8, 4) is 0 Å². The van der Waals surface area contributed by atoms with Crippen LogP contribution in [0.2, 0.25) is 0 Å². The highest BCUT2D eigenvalue weighted by Gasteiger charge is 2.19. The number of morpholine rings is 1. The Morgan fingerprint density at radius 2 is 2.05 bits per heavy atom. The van der Waals surface area contributed by atoms with Crippen LogP contribution in [0.3, 0.4) is 0 Å². The number of carbonyl (C=O) groups excluding carboxylic acids is 1. The number of amides is 2. The Labute approximate surface area is 121 Å². The second kappa shape index (κ2) is 8.44. The maximum Gasteiger partial charge on any atom is 0.314 e. The van der Waals surface area contributed by atoms with Gasteiger partial charge in [-0.1, -0.05) is 0 Å².